The Hall–Kier alpha value is -3.57. The van der Waals surface area contributed by atoms with Crippen molar-refractivity contribution in [3.8, 4) is 28.0 Å². The zero-order chi connectivity index (χ0) is 24.0. The van der Waals surface area contributed by atoms with Crippen molar-refractivity contribution in [2.45, 2.75) is 38.1 Å². The maximum atomic E-state index is 14.0. The molecule has 1 aliphatic heterocycles. The molecule has 0 aliphatic carbocycles. The van der Waals surface area contributed by atoms with Crippen LogP contribution in [-0.4, -0.2) is 13.5 Å². The molecule has 172 valence electrons. The van der Waals surface area contributed by atoms with Crippen LogP contribution < -0.4 is 4.31 Å². The van der Waals surface area contributed by atoms with Gasteiger partial charge in [0, 0.05) is 5.56 Å². The summed E-state index contributed by atoms with van der Waals surface area (Å²) < 4.78 is 29.7. The molecule has 0 saturated carbocycles. The summed E-state index contributed by atoms with van der Waals surface area (Å²) in [7, 11) is -3.88. The summed E-state index contributed by atoms with van der Waals surface area (Å²) in [5, 5.41) is 9.96. The zero-order valence-corrected chi connectivity index (χ0v) is 20.3. The number of hydrogen-bond donors (Lipinski definition) is 1. The van der Waals surface area contributed by atoms with E-state index >= 15 is 0 Å². The van der Waals surface area contributed by atoms with Gasteiger partial charge < -0.3 is 5.11 Å². The van der Waals surface area contributed by atoms with E-state index in [0.717, 1.165) is 27.8 Å². The van der Waals surface area contributed by atoms with Gasteiger partial charge >= 0.3 is 0 Å². The van der Waals surface area contributed by atoms with Crippen LogP contribution in [0.25, 0.3) is 22.3 Å². The highest BCUT2D eigenvalue weighted by atomic mass is 32.2. The number of aromatic hydroxyl groups is 1. The molecule has 0 fully saturated rings. The van der Waals surface area contributed by atoms with E-state index < -0.39 is 10.0 Å². The third-order valence-corrected chi connectivity index (χ3v) is 8.51. The van der Waals surface area contributed by atoms with Crippen LogP contribution in [0.4, 0.5) is 5.69 Å². The molecule has 4 aromatic rings. The van der Waals surface area contributed by atoms with Gasteiger partial charge in [-0.1, -0.05) is 61.5 Å². The van der Waals surface area contributed by atoms with Crippen LogP contribution in [0, 0.1) is 13.8 Å². The molecule has 0 bridgehead atoms. The minimum atomic E-state index is -3.88. The summed E-state index contributed by atoms with van der Waals surface area (Å²) >= 11 is 0. The van der Waals surface area contributed by atoms with Crippen molar-refractivity contribution in [1.29, 1.82) is 0 Å². The van der Waals surface area contributed by atoms with Crippen LogP contribution >= 0.6 is 0 Å². The van der Waals surface area contributed by atoms with Crippen LogP contribution in [0.1, 0.15) is 36.1 Å². The third kappa shape index (κ3) is 3.48. The van der Waals surface area contributed by atoms with Gasteiger partial charge in [0.05, 0.1) is 16.6 Å². The quantitative estimate of drug-likeness (QED) is 0.350. The number of aryl methyl sites for hydroxylation is 2. The average molecular weight is 470 g/mol. The van der Waals surface area contributed by atoms with E-state index in [1.165, 1.54) is 17.7 Å². The Morgan fingerprint density at radius 2 is 1.50 bits per heavy atom. The number of fused-ring (bicyclic) bond motifs is 3. The van der Waals surface area contributed by atoms with E-state index in [9.17, 15) is 13.5 Å². The number of rotatable bonds is 4. The predicted octanol–water partition coefficient (Wildman–Crippen LogP) is 7.00. The second-order valence-corrected chi connectivity index (χ2v) is 10.6. The van der Waals surface area contributed by atoms with E-state index in [0.29, 0.717) is 17.7 Å². The fourth-order valence-corrected chi connectivity index (χ4v) is 6.73. The molecule has 34 heavy (non-hydrogen) atoms. The van der Waals surface area contributed by atoms with Gasteiger partial charge in [-0.15, -0.1) is 0 Å². The monoisotopic (exact) mass is 469 g/mol. The molecular formula is C29H27NO3S. The first kappa shape index (κ1) is 22.2. The number of nitrogens with zero attached hydrogens (tertiary/aromatic N) is 1. The minimum Gasteiger partial charge on any atom is -0.508 e. The van der Waals surface area contributed by atoms with Crippen molar-refractivity contribution in [3.05, 3.63) is 102 Å². The molecule has 4 aromatic carbocycles. The topological polar surface area (TPSA) is 57.6 Å². The maximum Gasteiger partial charge on any atom is 0.264 e. The van der Waals surface area contributed by atoms with Gasteiger partial charge in [0.1, 0.15) is 5.75 Å². The van der Waals surface area contributed by atoms with Crippen molar-refractivity contribution in [1.82, 2.24) is 0 Å². The predicted molar refractivity (Wildman–Crippen MR) is 138 cm³/mol. The number of anilines is 1. The summed E-state index contributed by atoms with van der Waals surface area (Å²) in [6.45, 7) is 5.80. The number of hydrogen-bond acceptors (Lipinski definition) is 3. The standard InChI is InChI=1S/C29H27NO3S/c1-4-27-25-12-8-7-11-24(25)26-18-21(23-10-6-5-9-19(23)2)13-15-28(26)30(27)34(32,33)22-14-16-29(31)20(3)17-22/h5-18,27,31H,4H2,1-3H3. The second kappa shape index (κ2) is 8.33. The average Bonchev–Trinajstić information content (AvgIpc) is 2.84. The molecule has 0 saturated heterocycles. The molecule has 0 amide bonds. The Labute approximate surface area is 201 Å². The van der Waals surface area contributed by atoms with E-state index in [1.807, 2.05) is 49.4 Å². The highest BCUT2D eigenvalue weighted by Gasteiger charge is 2.38. The lowest BCUT2D eigenvalue weighted by molar-refractivity contribution is 0.470. The lowest BCUT2D eigenvalue weighted by atomic mass is 9.86. The normalized spacial score (nSPS) is 15.0. The molecule has 1 heterocycles. The number of benzene rings is 4. The van der Waals surface area contributed by atoms with Crippen LogP contribution in [0.2, 0.25) is 0 Å². The zero-order valence-electron chi connectivity index (χ0n) is 19.5. The van der Waals surface area contributed by atoms with Crippen molar-refractivity contribution in [2.75, 3.05) is 4.31 Å². The molecule has 4 nitrogen and oxygen atoms in total. The van der Waals surface area contributed by atoms with Crippen LogP contribution in [0.3, 0.4) is 0 Å². The Bertz CT molecular complexity index is 1510. The van der Waals surface area contributed by atoms with Crippen LogP contribution in [0.15, 0.2) is 89.8 Å². The first-order valence-electron chi connectivity index (χ1n) is 11.5. The number of phenols is 1. The van der Waals surface area contributed by atoms with Gasteiger partial charge in [0.2, 0.25) is 0 Å². The molecule has 1 aliphatic rings. The smallest absolute Gasteiger partial charge is 0.264 e. The lowest BCUT2D eigenvalue weighted by Crippen LogP contribution is -2.37. The van der Waals surface area contributed by atoms with Gasteiger partial charge in [-0.25, -0.2) is 8.42 Å². The summed E-state index contributed by atoms with van der Waals surface area (Å²) in [5.74, 6) is 0.0817. The second-order valence-electron chi connectivity index (χ2n) is 8.81. The largest absolute Gasteiger partial charge is 0.508 e. The molecule has 0 radical (unpaired) electrons. The molecule has 1 atom stereocenters. The third-order valence-electron chi connectivity index (χ3n) is 6.69. The van der Waals surface area contributed by atoms with Crippen molar-refractivity contribution < 1.29 is 13.5 Å². The Morgan fingerprint density at radius 3 is 2.21 bits per heavy atom. The van der Waals surface area contributed by atoms with E-state index in [2.05, 4.69) is 31.2 Å². The van der Waals surface area contributed by atoms with Crippen molar-refractivity contribution in [3.63, 3.8) is 0 Å². The van der Waals surface area contributed by atoms with Crippen LogP contribution in [-0.2, 0) is 10.0 Å². The lowest BCUT2D eigenvalue weighted by Gasteiger charge is -2.39. The van der Waals surface area contributed by atoms with Gasteiger partial charge in [0.25, 0.3) is 10.0 Å². The highest BCUT2D eigenvalue weighted by Crippen LogP contribution is 2.49. The fraction of sp³-hybridized carbons (Fsp3) is 0.172. The molecule has 5 heteroatoms. The molecule has 0 aromatic heterocycles. The molecule has 0 spiro atoms. The van der Waals surface area contributed by atoms with E-state index in [4.69, 9.17) is 0 Å². The van der Waals surface area contributed by atoms with Gasteiger partial charge in [0.15, 0.2) is 0 Å². The number of sulfonamides is 1. The summed E-state index contributed by atoms with van der Waals surface area (Å²) in [6.07, 6.45) is 0.631. The van der Waals surface area contributed by atoms with E-state index in [-0.39, 0.29) is 16.7 Å². The fourth-order valence-electron chi connectivity index (χ4n) is 4.92. The highest BCUT2D eigenvalue weighted by molar-refractivity contribution is 7.92. The van der Waals surface area contributed by atoms with Crippen molar-refractivity contribution >= 4 is 15.7 Å². The SMILES string of the molecule is CCC1c2ccccc2-c2cc(-c3ccccc3C)ccc2N1S(=O)(=O)c1ccc(O)c(C)c1. The first-order chi connectivity index (χ1) is 16.3. The molecule has 5 rings (SSSR count). The Balaban J connectivity index is 1.76. The Kier molecular flexibility index (Phi) is 5.45. The van der Waals surface area contributed by atoms with Crippen LogP contribution in [0.5, 0.6) is 5.75 Å². The molecule has 1 N–H and O–H groups in total. The summed E-state index contributed by atoms with van der Waals surface area (Å²) in [6, 6.07) is 26.5. The van der Waals surface area contributed by atoms with Crippen molar-refractivity contribution in [2.24, 2.45) is 0 Å². The minimum absolute atomic E-state index is 0.0817. The van der Waals surface area contributed by atoms with E-state index in [1.54, 1.807) is 17.3 Å². The number of phenolic OH excluding ortho intramolecular Hbond substituents is 1. The molecule has 1 unspecified atom stereocenters. The maximum absolute atomic E-state index is 14.0. The first-order valence-corrected chi connectivity index (χ1v) is 12.9. The van der Waals surface area contributed by atoms with Gasteiger partial charge in [-0.2, -0.15) is 0 Å². The Morgan fingerprint density at radius 1 is 0.794 bits per heavy atom. The van der Waals surface area contributed by atoms with Gasteiger partial charge in [-0.3, -0.25) is 4.31 Å². The van der Waals surface area contributed by atoms with Gasteiger partial charge in [-0.05, 0) is 84.0 Å². The summed E-state index contributed by atoms with van der Waals surface area (Å²) in [4.78, 5) is 0.176. The summed E-state index contributed by atoms with van der Waals surface area (Å²) in [5.41, 5.74) is 7.52. The molecular weight excluding hydrogens is 442 g/mol.